The van der Waals surface area contributed by atoms with Gasteiger partial charge in [-0.3, -0.25) is 4.79 Å². The lowest BCUT2D eigenvalue weighted by atomic mass is 10.3. The summed E-state index contributed by atoms with van der Waals surface area (Å²) in [7, 11) is 0. The maximum absolute atomic E-state index is 12.1. The first-order valence-corrected chi connectivity index (χ1v) is 11.6. The maximum atomic E-state index is 12.1. The van der Waals surface area contributed by atoms with E-state index in [1.807, 2.05) is 41.2 Å². The molecule has 9 heteroatoms. The van der Waals surface area contributed by atoms with Gasteiger partial charge in [0, 0.05) is 24.9 Å². The molecule has 4 rings (SSSR count). The quantitative estimate of drug-likeness (QED) is 0.404. The second kappa shape index (κ2) is 10.00. The molecule has 0 radical (unpaired) electrons. The Morgan fingerprint density at radius 1 is 1.19 bits per heavy atom. The largest absolute Gasteiger partial charge is 0.484 e. The summed E-state index contributed by atoms with van der Waals surface area (Å²) in [5, 5.41) is 9.55. The monoisotopic (exact) mass is 440 g/mol. The van der Waals surface area contributed by atoms with Crippen LogP contribution in [-0.2, 0) is 11.3 Å². The summed E-state index contributed by atoms with van der Waals surface area (Å²) in [5.74, 6) is 1.48. The molecule has 0 atom stereocenters. The molecule has 3 heterocycles. The van der Waals surface area contributed by atoms with Gasteiger partial charge < -0.3 is 15.0 Å². The van der Waals surface area contributed by atoms with E-state index in [2.05, 4.69) is 29.2 Å². The number of fused-ring (bicyclic) bond motifs is 1. The third kappa shape index (κ3) is 5.46. The summed E-state index contributed by atoms with van der Waals surface area (Å²) >= 11 is 1.66. The minimum absolute atomic E-state index is 0.0136. The SMILES string of the molecule is CC(C)Sc1nc(N2CCCC2)c2cnn(CCNC(=O)COc3ccccc3)c2n1. The average Bonchev–Trinajstić information content (AvgIpc) is 3.43. The molecule has 1 amide bonds. The van der Waals surface area contributed by atoms with Gasteiger partial charge in [-0.25, -0.2) is 14.6 Å². The lowest BCUT2D eigenvalue weighted by Crippen LogP contribution is -2.31. The number of hydrogen-bond acceptors (Lipinski definition) is 7. The Morgan fingerprint density at radius 3 is 2.71 bits per heavy atom. The first kappa shape index (κ1) is 21.4. The zero-order valence-electron chi connectivity index (χ0n) is 18.0. The highest BCUT2D eigenvalue weighted by molar-refractivity contribution is 7.99. The third-order valence-electron chi connectivity index (χ3n) is 4.96. The van der Waals surface area contributed by atoms with E-state index in [-0.39, 0.29) is 12.5 Å². The van der Waals surface area contributed by atoms with Crippen molar-refractivity contribution in [3.8, 4) is 5.75 Å². The molecule has 0 aliphatic carbocycles. The average molecular weight is 441 g/mol. The van der Waals surface area contributed by atoms with Crippen molar-refractivity contribution in [1.82, 2.24) is 25.1 Å². The zero-order chi connectivity index (χ0) is 21.6. The number of aromatic nitrogens is 4. The highest BCUT2D eigenvalue weighted by Crippen LogP contribution is 2.30. The molecular weight excluding hydrogens is 412 g/mol. The number of nitrogens with one attached hydrogen (secondary N) is 1. The maximum Gasteiger partial charge on any atom is 0.258 e. The van der Waals surface area contributed by atoms with E-state index in [4.69, 9.17) is 14.7 Å². The Hall–Kier alpha value is -2.81. The molecule has 1 saturated heterocycles. The fraction of sp³-hybridized carbons (Fsp3) is 0.455. The number of ether oxygens (including phenoxy) is 1. The molecular formula is C22H28N6O2S. The van der Waals surface area contributed by atoms with E-state index in [0.29, 0.717) is 24.1 Å². The van der Waals surface area contributed by atoms with Crippen molar-refractivity contribution in [2.24, 2.45) is 0 Å². The number of thioether (sulfide) groups is 1. The van der Waals surface area contributed by atoms with Crippen LogP contribution >= 0.6 is 11.8 Å². The summed E-state index contributed by atoms with van der Waals surface area (Å²) in [4.78, 5) is 24.0. The minimum Gasteiger partial charge on any atom is -0.484 e. The molecule has 0 spiro atoms. The van der Waals surface area contributed by atoms with Gasteiger partial charge >= 0.3 is 0 Å². The first-order chi connectivity index (χ1) is 15.1. The highest BCUT2D eigenvalue weighted by Gasteiger charge is 2.21. The number of hydrogen-bond donors (Lipinski definition) is 1. The van der Waals surface area contributed by atoms with Crippen LogP contribution in [0.1, 0.15) is 26.7 Å². The van der Waals surface area contributed by atoms with Crippen molar-refractivity contribution < 1.29 is 9.53 Å². The number of carbonyl (C=O) groups excluding carboxylic acids is 1. The minimum atomic E-state index is -0.163. The van der Waals surface area contributed by atoms with Crippen LogP contribution in [0.5, 0.6) is 5.75 Å². The van der Waals surface area contributed by atoms with Crippen LogP contribution in [0.4, 0.5) is 5.82 Å². The van der Waals surface area contributed by atoms with Gasteiger partial charge in [0.1, 0.15) is 11.6 Å². The van der Waals surface area contributed by atoms with Crippen molar-refractivity contribution in [1.29, 1.82) is 0 Å². The smallest absolute Gasteiger partial charge is 0.258 e. The van der Waals surface area contributed by atoms with Crippen LogP contribution in [0.25, 0.3) is 11.0 Å². The molecule has 31 heavy (non-hydrogen) atoms. The van der Waals surface area contributed by atoms with Crippen LogP contribution in [0.3, 0.4) is 0 Å². The van der Waals surface area contributed by atoms with Gasteiger partial charge in [-0.1, -0.05) is 43.8 Å². The fourth-order valence-corrected chi connectivity index (χ4v) is 4.24. The van der Waals surface area contributed by atoms with E-state index in [1.165, 1.54) is 12.8 Å². The normalized spacial score (nSPS) is 13.8. The standard InChI is InChI=1S/C22H28N6O2S/c1-16(2)31-22-25-20(27-11-6-7-12-27)18-14-24-28(21(18)26-22)13-10-23-19(29)15-30-17-8-4-3-5-9-17/h3-5,8-9,14,16H,6-7,10-13,15H2,1-2H3,(H,23,29). The summed E-state index contributed by atoms with van der Waals surface area (Å²) in [6.45, 7) is 7.27. The number of benzene rings is 1. The lowest BCUT2D eigenvalue weighted by molar-refractivity contribution is -0.123. The Bertz CT molecular complexity index is 1020. The Kier molecular flexibility index (Phi) is 6.91. The Morgan fingerprint density at radius 2 is 1.97 bits per heavy atom. The van der Waals surface area contributed by atoms with Gasteiger partial charge in [0.25, 0.3) is 5.91 Å². The van der Waals surface area contributed by atoms with Gasteiger partial charge in [-0.15, -0.1) is 0 Å². The third-order valence-corrected chi connectivity index (χ3v) is 5.83. The Labute approximate surface area is 186 Å². The molecule has 1 aromatic carbocycles. The van der Waals surface area contributed by atoms with Crippen molar-refractivity contribution in [2.45, 2.75) is 43.6 Å². The van der Waals surface area contributed by atoms with Crippen molar-refractivity contribution in [2.75, 3.05) is 31.1 Å². The molecule has 164 valence electrons. The van der Waals surface area contributed by atoms with E-state index in [1.54, 1.807) is 11.8 Å². The fourth-order valence-electron chi connectivity index (χ4n) is 3.54. The zero-order valence-corrected chi connectivity index (χ0v) is 18.8. The summed E-state index contributed by atoms with van der Waals surface area (Å²) in [5.41, 5.74) is 0.815. The molecule has 0 saturated carbocycles. The number of rotatable bonds is 9. The van der Waals surface area contributed by atoms with Crippen LogP contribution in [0.15, 0.2) is 41.7 Å². The Balaban J connectivity index is 1.42. The van der Waals surface area contributed by atoms with Crippen molar-refractivity contribution >= 4 is 34.5 Å². The molecule has 1 fully saturated rings. The van der Waals surface area contributed by atoms with Crippen LogP contribution in [0.2, 0.25) is 0 Å². The molecule has 2 aromatic heterocycles. The van der Waals surface area contributed by atoms with Gasteiger partial charge in [-0.05, 0) is 25.0 Å². The molecule has 1 N–H and O–H groups in total. The van der Waals surface area contributed by atoms with Gasteiger partial charge in [0.05, 0.1) is 18.1 Å². The van der Waals surface area contributed by atoms with E-state index >= 15 is 0 Å². The van der Waals surface area contributed by atoms with E-state index in [9.17, 15) is 4.79 Å². The molecule has 3 aromatic rings. The second-order valence-electron chi connectivity index (χ2n) is 7.75. The predicted octanol–water partition coefficient (Wildman–Crippen LogP) is 3.12. The number of carbonyl (C=O) groups is 1. The van der Waals surface area contributed by atoms with Crippen molar-refractivity contribution in [3.63, 3.8) is 0 Å². The summed E-state index contributed by atoms with van der Waals surface area (Å²) in [6, 6.07) is 9.31. The van der Waals surface area contributed by atoms with Crippen LogP contribution in [-0.4, -0.2) is 57.1 Å². The molecule has 1 aliphatic rings. The molecule has 1 aliphatic heterocycles. The topological polar surface area (TPSA) is 85.2 Å². The molecule has 8 nitrogen and oxygen atoms in total. The van der Waals surface area contributed by atoms with E-state index in [0.717, 1.165) is 35.1 Å². The van der Waals surface area contributed by atoms with Crippen LogP contribution in [0, 0.1) is 0 Å². The predicted molar refractivity (Wildman–Crippen MR) is 123 cm³/mol. The van der Waals surface area contributed by atoms with Crippen molar-refractivity contribution in [3.05, 3.63) is 36.5 Å². The number of nitrogens with zero attached hydrogens (tertiary/aromatic N) is 5. The van der Waals surface area contributed by atoms with Gasteiger partial charge in [0.15, 0.2) is 17.4 Å². The van der Waals surface area contributed by atoms with E-state index < -0.39 is 0 Å². The molecule has 0 unspecified atom stereocenters. The second-order valence-corrected chi connectivity index (χ2v) is 9.29. The first-order valence-electron chi connectivity index (χ1n) is 10.7. The van der Waals surface area contributed by atoms with Gasteiger partial charge in [0.2, 0.25) is 0 Å². The summed E-state index contributed by atoms with van der Waals surface area (Å²) in [6.07, 6.45) is 4.21. The lowest BCUT2D eigenvalue weighted by Gasteiger charge is -2.18. The summed E-state index contributed by atoms with van der Waals surface area (Å²) < 4.78 is 7.33. The highest BCUT2D eigenvalue weighted by atomic mass is 32.2. The number of amides is 1. The number of anilines is 1. The van der Waals surface area contributed by atoms with Crippen LogP contribution < -0.4 is 15.0 Å². The van der Waals surface area contributed by atoms with Gasteiger partial charge in [-0.2, -0.15) is 5.10 Å². The number of para-hydroxylation sites is 1. The molecule has 0 bridgehead atoms.